The largest absolute Gasteiger partial charge is 0.489 e. The topological polar surface area (TPSA) is 42.4 Å². The highest BCUT2D eigenvalue weighted by Crippen LogP contribution is 2.39. The van der Waals surface area contributed by atoms with Crippen molar-refractivity contribution in [2.75, 3.05) is 13.6 Å². The third-order valence-electron chi connectivity index (χ3n) is 7.03. The van der Waals surface area contributed by atoms with Crippen LogP contribution in [0.25, 0.3) is 22.0 Å². The fourth-order valence-corrected chi connectivity index (χ4v) is 4.75. The summed E-state index contributed by atoms with van der Waals surface area (Å²) >= 11 is 0. The molecule has 0 amide bonds. The van der Waals surface area contributed by atoms with Gasteiger partial charge in [-0.25, -0.2) is 0 Å². The second-order valence-corrected chi connectivity index (χ2v) is 9.90. The summed E-state index contributed by atoms with van der Waals surface area (Å²) in [7, 11) is 2.07. The third kappa shape index (κ3) is 6.31. The molecule has 0 bridgehead atoms. The van der Waals surface area contributed by atoms with Crippen molar-refractivity contribution in [2.24, 2.45) is 0 Å². The zero-order valence-electron chi connectivity index (χ0n) is 22.8. The number of hydrogen-bond donors (Lipinski definition) is 0. The van der Waals surface area contributed by atoms with Crippen molar-refractivity contribution >= 4 is 16.7 Å². The fraction of sp³-hybridized carbons (Fsp3) is 0.176. The summed E-state index contributed by atoms with van der Waals surface area (Å²) in [5.74, 6) is 0.208. The maximum Gasteiger partial charge on any atom is 0.418 e. The lowest BCUT2D eigenvalue weighted by atomic mass is 9.91. The number of ether oxygens (including phenoxy) is 1. The highest BCUT2D eigenvalue weighted by atomic mass is 19.4. The average molecular weight is 555 g/mol. The minimum absolute atomic E-state index is 0.209. The molecule has 7 heteroatoms. The second-order valence-electron chi connectivity index (χ2n) is 9.90. The van der Waals surface area contributed by atoms with E-state index in [9.17, 15) is 18.0 Å². The van der Waals surface area contributed by atoms with E-state index < -0.39 is 11.7 Å². The predicted octanol–water partition coefficient (Wildman–Crippen LogP) is 8.18. The molecular weight excluding hydrogens is 525 g/mol. The molecule has 4 nitrogen and oxygen atoms in total. The normalized spacial score (nSPS) is 11.7. The molecule has 0 radical (unpaired) electrons. The Balaban J connectivity index is 1.53. The van der Waals surface area contributed by atoms with E-state index in [4.69, 9.17) is 4.74 Å². The van der Waals surface area contributed by atoms with Crippen LogP contribution in [0.5, 0.6) is 5.75 Å². The summed E-state index contributed by atoms with van der Waals surface area (Å²) in [5.41, 5.74) is 2.71. The maximum atomic E-state index is 13.9. The van der Waals surface area contributed by atoms with E-state index in [0.29, 0.717) is 29.0 Å². The SMILES string of the molecule is CCN(C)Cc1ccc(COc2cccc(-c3c(C(=O)c4ccccc4)cnc4c(C(F)(F)F)cccc34)c2)cc1. The summed E-state index contributed by atoms with van der Waals surface area (Å²) in [4.78, 5) is 19.9. The van der Waals surface area contributed by atoms with E-state index in [1.54, 1.807) is 60.7 Å². The van der Waals surface area contributed by atoms with Crippen molar-refractivity contribution in [1.82, 2.24) is 9.88 Å². The number of aromatic nitrogens is 1. The number of carbonyl (C=O) groups excluding carboxylic acids is 1. The van der Waals surface area contributed by atoms with Crippen molar-refractivity contribution in [3.63, 3.8) is 0 Å². The molecule has 0 aliphatic carbocycles. The quantitative estimate of drug-likeness (QED) is 0.172. The molecule has 0 aliphatic rings. The number of benzene rings is 4. The Morgan fingerprint density at radius 2 is 1.59 bits per heavy atom. The van der Waals surface area contributed by atoms with Crippen LogP contribution < -0.4 is 4.74 Å². The van der Waals surface area contributed by atoms with Gasteiger partial charge in [0.1, 0.15) is 12.4 Å². The smallest absolute Gasteiger partial charge is 0.418 e. The van der Waals surface area contributed by atoms with Gasteiger partial charge in [-0.05, 0) is 48.5 Å². The molecule has 1 aromatic heterocycles. The number of pyridine rings is 1. The van der Waals surface area contributed by atoms with E-state index in [2.05, 4.69) is 36.0 Å². The Kier molecular flexibility index (Phi) is 8.17. The summed E-state index contributed by atoms with van der Waals surface area (Å²) in [6, 6.07) is 27.8. The van der Waals surface area contributed by atoms with E-state index in [1.165, 1.54) is 17.8 Å². The van der Waals surface area contributed by atoms with Crippen LogP contribution in [0, 0.1) is 0 Å². The average Bonchev–Trinajstić information content (AvgIpc) is 2.99. The molecular formula is C34H29F3N2O2. The van der Waals surface area contributed by atoms with Crippen LogP contribution in [0.4, 0.5) is 13.2 Å². The minimum atomic E-state index is -4.60. The van der Waals surface area contributed by atoms with Crippen LogP contribution in [0.1, 0.15) is 39.5 Å². The molecule has 0 fully saturated rings. The molecule has 0 spiro atoms. The first-order valence-corrected chi connectivity index (χ1v) is 13.3. The van der Waals surface area contributed by atoms with Crippen molar-refractivity contribution in [2.45, 2.75) is 26.3 Å². The number of alkyl halides is 3. The molecule has 4 aromatic carbocycles. The fourth-order valence-electron chi connectivity index (χ4n) is 4.75. The Morgan fingerprint density at radius 3 is 2.29 bits per heavy atom. The highest BCUT2D eigenvalue weighted by Gasteiger charge is 2.34. The van der Waals surface area contributed by atoms with Crippen LogP contribution in [0.15, 0.2) is 103 Å². The number of halogens is 3. The number of nitrogens with zero attached hydrogens (tertiary/aromatic N) is 2. The van der Waals surface area contributed by atoms with Crippen molar-refractivity contribution in [3.05, 3.63) is 131 Å². The zero-order chi connectivity index (χ0) is 29.0. The summed E-state index contributed by atoms with van der Waals surface area (Å²) in [6.07, 6.45) is -3.35. The van der Waals surface area contributed by atoms with E-state index in [-0.39, 0.29) is 22.2 Å². The first-order valence-electron chi connectivity index (χ1n) is 13.3. The standard InChI is InChI=1S/C34H29F3N2O2/c1-3-39(2)21-23-15-17-24(18-16-23)22-41-27-12-7-11-26(19-27)31-28-13-8-14-30(34(35,36)37)32(28)38-20-29(31)33(40)25-9-5-4-6-10-25/h4-20H,3,21-22H2,1-2H3. The molecule has 0 saturated heterocycles. The van der Waals surface area contributed by atoms with E-state index in [0.717, 1.165) is 24.7 Å². The maximum absolute atomic E-state index is 13.9. The molecule has 0 unspecified atom stereocenters. The van der Waals surface area contributed by atoms with Gasteiger partial charge in [-0.15, -0.1) is 0 Å². The number of rotatable bonds is 9. The van der Waals surface area contributed by atoms with Gasteiger partial charge in [-0.2, -0.15) is 13.2 Å². The number of para-hydroxylation sites is 1. The Labute approximate surface area is 237 Å². The molecule has 0 aliphatic heterocycles. The van der Waals surface area contributed by atoms with Crippen LogP contribution >= 0.6 is 0 Å². The minimum Gasteiger partial charge on any atom is -0.489 e. The van der Waals surface area contributed by atoms with Gasteiger partial charge in [-0.1, -0.05) is 85.8 Å². The third-order valence-corrected chi connectivity index (χ3v) is 7.03. The van der Waals surface area contributed by atoms with Gasteiger partial charge in [0.2, 0.25) is 0 Å². The molecule has 0 saturated carbocycles. The highest BCUT2D eigenvalue weighted by molar-refractivity contribution is 6.16. The summed E-state index contributed by atoms with van der Waals surface area (Å²) < 4.78 is 47.7. The lowest BCUT2D eigenvalue weighted by Crippen LogP contribution is -2.16. The molecule has 41 heavy (non-hydrogen) atoms. The van der Waals surface area contributed by atoms with Gasteiger partial charge in [-0.3, -0.25) is 9.78 Å². The predicted molar refractivity (Wildman–Crippen MR) is 155 cm³/mol. The van der Waals surface area contributed by atoms with Gasteiger partial charge >= 0.3 is 6.18 Å². The van der Waals surface area contributed by atoms with Gasteiger partial charge in [0.15, 0.2) is 5.78 Å². The van der Waals surface area contributed by atoms with E-state index in [1.807, 2.05) is 12.1 Å². The van der Waals surface area contributed by atoms with Crippen molar-refractivity contribution in [1.29, 1.82) is 0 Å². The van der Waals surface area contributed by atoms with Gasteiger partial charge in [0.25, 0.3) is 0 Å². The van der Waals surface area contributed by atoms with Crippen molar-refractivity contribution in [3.8, 4) is 16.9 Å². The molecule has 5 aromatic rings. The monoisotopic (exact) mass is 554 g/mol. The van der Waals surface area contributed by atoms with Crippen LogP contribution in [-0.4, -0.2) is 29.3 Å². The van der Waals surface area contributed by atoms with Crippen LogP contribution in [0.3, 0.4) is 0 Å². The van der Waals surface area contributed by atoms with Crippen molar-refractivity contribution < 1.29 is 22.7 Å². The summed E-state index contributed by atoms with van der Waals surface area (Å²) in [6.45, 7) is 4.25. The molecule has 0 atom stereocenters. The Hall–Kier alpha value is -4.49. The Morgan fingerprint density at radius 1 is 0.878 bits per heavy atom. The molecule has 0 N–H and O–H groups in total. The Bertz CT molecular complexity index is 1670. The lowest BCUT2D eigenvalue weighted by molar-refractivity contribution is -0.136. The molecule has 5 rings (SSSR count). The van der Waals surface area contributed by atoms with Gasteiger partial charge in [0.05, 0.1) is 11.1 Å². The molecule has 1 heterocycles. The number of ketones is 1. The van der Waals surface area contributed by atoms with Crippen LogP contribution in [0.2, 0.25) is 0 Å². The summed E-state index contributed by atoms with van der Waals surface area (Å²) in [5, 5.41) is 0.242. The van der Waals surface area contributed by atoms with Gasteiger partial charge < -0.3 is 9.64 Å². The number of hydrogen-bond acceptors (Lipinski definition) is 4. The van der Waals surface area contributed by atoms with Gasteiger partial charge in [0, 0.05) is 34.8 Å². The van der Waals surface area contributed by atoms with Crippen LogP contribution in [-0.2, 0) is 19.3 Å². The van der Waals surface area contributed by atoms with E-state index >= 15 is 0 Å². The first kappa shape index (κ1) is 28.1. The molecule has 208 valence electrons. The number of fused-ring (bicyclic) bond motifs is 1. The lowest BCUT2D eigenvalue weighted by Gasteiger charge is -2.16. The second kappa shape index (κ2) is 11.9. The zero-order valence-corrected chi connectivity index (χ0v) is 22.8. The number of carbonyl (C=O) groups is 1. The first-order chi connectivity index (χ1) is 19.7.